The minimum Gasteiger partial charge on any atom is -0.496 e. The standard InChI is InChI=1S/C21H27ClN4O5.C4H10/c1-4-12(20(29)23-2)8-15(17(27)10-22)26-19(28)11-24-21(30)16-9-13-14(25-16)6-5-7-18(13)31-3;1-4(2)3/h5-7,9,12,15,25H,4,8,10-11H2,1-3H3,(H,23,29)(H,24,30)(H,26,28);4H,1-3H3/t12-,15-;/m0./s1. The van der Waals surface area contributed by atoms with Gasteiger partial charge in [0.2, 0.25) is 11.8 Å². The molecule has 0 aliphatic carbocycles. The molecule has 4 N–H and O–H groups in total. The molecule has 1 heterocycles. The van der Waals surface area contributed by atoms with E-state index in [1.54, 1.807) is 24.3 Å². The van der Waals surface area contributed by atoms with Crippen LogP contribution in [0, 0.1) is 11.8 Å². The average Bonchev–Trinajstić information content (AvgIpc) is 3.28. The van der Waals surface area contributed by atoms with Gasteiger partial charge in [-0.15, -0.1) is 11.6 Å². The van der Waals surface area contributed by atoms with E-state index in [4.69, 9.17) is 16.3 Å². The molecule has 0 unspecified atom stereocenters. The lowest BCUT2D eigenvalue weighted by Gasteiger charge is -2.21. The van der Waals surface area contributed by atoms with Crippen molar-refractivity contribution in [3.8, 4) is 5.75 Å². The zero-order chi connectivity index (χ0) is 26.5. The van der Waals surface area contributed by atoms with E-state index in [-0.39, 0.29) is 30.4 Å². The lowest BCUT2D eigenvalue weighted by atomic mass is 9.94. The molecule has 0 spiro atoms. The number of H-pyrrole nitrogens is 1. The summed E-state index contributed by atoms with van der Waals surface area (Å²) in [5, 5.41) is 8.37. The topological polar surface area (TPSA) is 129 Å². The average molecular weight is 509 g/mol. The quantitative estimate of drug-likeness (QED) is 0.347. The number of halogens is 1. The zero-order valence-corrected chi connectivity index (χ0v) is 22.0. The second-order valence-corrected chi connectivity index (χ2v) is 8.96. The van der Waals surface area contributed by atoms with Gasteiger partial charge in [0.25, 0.3) is 5.91 Å². The first-order valence-corrected chi connectivity index (χ1v) is 12.1. The van der Waals surface area contributed by atoms with Crippen LogP contribution in [0.25, 0.3) is 10.9 Å². The van der Waals surface area contributed by atoms with E-state index in [1.807, 2.05) is 6.92 Å². The fourth-order valence-corrected chi connectivity index (χ4v) is 3.43. The molecule has 0 aliphatic heterocycles. The van der Waals surface area contributed by atoms with Gasteiger partial charge in [0.15, 0.2) is 5.78 Å². The third kappa shape index (κ3) is 9.60. The molecule has 10 heteroatoms. The first-order chi connectivity index (χ1) is 16.6. The Morgan fingerprint density at radius 1 is 1.14 bits per heavy atom. The number of aromatic nitrogens is 1. The van der Waals surface area contributed by atoms with Crippen molar-refractivity contribution in [2.45, 2.75) is 46.6 Å². The Morgan fingerprint density at radius 3 is 2.34 bits per heavy atom. The predicted octanol–water partition coefficient (Wildman–Crippen LogP) is 3.02. The number of benzene rings is 1. The minimum absolute atomic E-state index is 0.128. The van der Waals surface area contributed by atoms with E-state index in [0.717, 1.165) is 16.8 Å². The highest BCUT2D eigenvalue weighted by Gasteiger charge is 2.27. The molecule has 35 heavy (non-hydrogen) atoms. The molecule has 0 saturated carbocycles. The van der Waals surface area contributed by atoms with Gasteiger partial charge in [-0.2, -0.15) is 0 Å². The number of carbonyl (C=O) groups is 4. The van der Waals surface area contributed by atoms with Crippen LogP contribution in [0.3, 0.4) is 0 Å². The number of Topliss-reactive ketones (excluding diaryl/α,β-unsaturated/α-hetero) is 1. The van der Waals surface area contributed by atoms with Crippen LogP contribution in [0.5, 0.6) is 5.75 Å². The van der Waals surface area contributed by atoms with Crippen molar-refractivity contribution in [2.75, 3.05) is 26.6 Å². The fourth-order valence-electron chi connectivity index (χ4n) is 3.24. The number of alkyl halides is 1. The Kier molecular flexibility index (Phi) is 12.9. The number of methoxy groups -OCH3 is 1. The summed E-state index contributed by atoms with van der Waals surface area (Å²) in [6.45, 7) is 7.98. The number of aromatic amines is 1. The van der Waals surface area contributed by atoms with Crippen molar-refractivity contribution >= 4 is 46.0 Å². The highest BCUT2D eigenvalue weighted by atomic mass is 35.5. The molecule has 0 radical (unpaired) electrons. The van der Waals surface area contributed by atoms with Gasteiger partial charge in [-0.1, -0.05) is 33.8 Å². The van der Waals surface area contributed by atoms with Crippen LogP contribution >= 0.6 is 11.6 Å². The van der Waals surface area contributed by atoms with Gasteiger partial charge in [-0.25, -0.2) is 0 Å². The van der Waals surface area contributed by atoms with Crippen LogP contribution in [0.4, 0.5) is 0 Å². The van der Waals surface area contributed by atoms with E-state index < -0.39 is 29.6 Å². The van der Waals surface area contributed by atoms with Crippen LogP contribution in [-0.2, 0) is 14.4 Å². The first-order valence-electron chi connectivity index (χ1n) is 11.6. The number of ether oxygens (including phenoxy) is 1. The molecular weight excluding hydrogens is 472 g/mol. The first kappa shape index (κ1) is 30.0. The molecule has 0 fully saturated rings. The minimum atomic E-state index is -0.915. The summed E-state index contributed by atoms with van der Waals surface area (Å²) in [6.07, 6.45) is 0.630. The molecule has 1 aromatic heterocycles. The number of hydrogen-bond donors (Lipinski definition) is 4. The number of amides is 3. The lowest BCUT2D eigenvalue weighted by Crippen LogP contribution is -2.47. The third-order valence-electron chi connectivity index (χ3n) is 4.98. The number of rotatable bonds is 11. The summed E-state index contributed by atoms with van der Waals surface area (Å²) in [7, 11) is 3.05. The smallest absolute Gasteiger partial charge is 0.268 e. The molecule has 2 aromatic rings. The highest BCUT2D eigenvalue weighted by Crippen LogP contribution is 2.25. The van der Waals surface area contributed by atoms with Crippen LogP contribution in [0.2, 0.25) is 0 Å². The van der Waals surface area contributed by atoms with Crippen LogP contribution in [-0.4, -0.2) is 61.1 Å². The zero-order valence-electron chi connectivity index (χ0n) is 21.3. The van der Waals surface area contributed by atoms with Gasteiger partial charge in [0, 0.05) is 23.9 Å². The summed E-state index contributed by atoms with van der Waals surface area (Å²) in [6, 6.07) is 6.10. The molecule has 3 amide bonds. The lowest BCUT2D eigenvalue weighted by molar-refractivity contribution is -0.129. The Hall–Kier alpha value is -3.07. The molecule has 0 saturated heterocycles. The molecule has 0 aliphatic rings. The fraction of sp³-hybridized carbons (Fsp3) is 0.520. The van der Waals surface area contributed by atoms with Gasteiger partial charge in [-0.05, 0) is 37.0 Å². The summed E-state index contributed by atoms with van der Waals surface area (Å²) >= 11 is 5.66. The highest BCUT2D eigenvalue weighted by molar-refractivity contribution is 6.28. The van der Waals surface area contributed by atoms with Gasteiger partial charge in [-0.3, -0.25) is 19.2 Å². The van der Waals surface area contributed by atoms with Gasteiger partial charge in [0.05, 0.1) is 25.6 Å². The number of hydrogen-bond acceptors (Lipinski definition) is 5. The van der Waals surface area contributed by atoms with Crippen molar-refractivity contribution in [1.29, 1.82) is 0 Å². The summed E-state index contributed by atoms with van der Waals surface area (Å²) in [4.78, 5) is 51.8. The number of ketones is 1. The van der Waals surface area contributed by atoms with Gasteiger partial charge in [0.1, 0.15) is 11.4 Å². The molecule has 0 bridgehead atoms. The second kappa shape index (κ2) is 15.0. The monoisotopic (exact) mass is 508 g/mol. The largest absolute Gasteiger partial charge is 0.496 e. The SMILES string of the molecule is CC(C)C.CC[C@@H](C[C@H](NC(=O)CNC(=O)c1cc2c(OC)cccc2[nH]1)C(=O)CCl)C(=O)NC. The van der Waals surface area contributed by atoms with Crippen molar-refractivity contribution in [3.63, 3.8) is 0 Å². The van der Waals surface area contributed by atoms with E-state index in [9.17, 15) is 19.2 Å². The number of fused-ring (bicyclic) bond motifs is 1. The van der Waals surface area contributed by atoms with Crippen LogP contribution in [0.15, 0.2) is 24.3 Å². The van der Waals surface area contributed by atoms with Gasteiger partial charge >= 0.3 is 0 Å². The molecule has 194 valence electrons. The van der Waals surface area contributed by atoms with Crippen molar-refractivity contribution < 1.29 is 23.9 Å². The Bertz CT molecular complexity index is 1000. The van der Waals surface area contributed by atoms with Crippen molar-refractivity contribution in [1.82, 2.24) is 20.9 Å². The summed E-state index contributed by atoms with van der Waals surface area (Å²) < 4.78 is 5.27. The Labute approximate surface area is 211 Å². The Balaban J connectivity index is 0.00000142. The summed E-state index contributed by atoms with van der Waals surface area (Å²) in [5.74, 6) is -0.938. The van der Waals surface area contributed by atoms with Crippen LogP contribution in [0.1, 0.15) is 51.0 Å². The van der Waals surface area contributed by atoms with E-state index in [1.165, 1.54) is 14.2 Å². The normalized spacial score (nSPS) is 12.2. The van der Waals surface area contributed by atoms with Crippen molar-refractivity contribution in [2.24, 2.45) is 11.8 Å². The molecule has 2 rings (SSSR count). The van der Waals surface area contributed by atoms with Gasteiger partial charge < -0.3 is 25.7 Å². The van der Waals surface area contributed by atoms with E-state index in [2.05, 4.69) is 41.7 Å². The molecular formula is C25H37ClN4O5. The predicted molar refractivity (Wildman–Crippen MR) is 138 cm³/mol. The van der Waals surface area contributed by atoms with E-state index >= 15 is 0 Å². The Morgan fingerprint density at radius 2 is 1.80 bits per heavy atom. The maximum Gasteiger partial charge on any atom is 0.268 e. The molecule has 9 nitrogen and oxygen atoms in total. The molecule has 1 aromatic carbocycles. The maximum absolute atomic E-state index is 12.4. The molecule has 2 atom stereocenters. The maximum atomic E-state index is 12.4. The number of carbonyl (C=O) groups excluding carboxylic acids is 4. The second-order valence-electron chi connectivity index (χ2n) is 8.69. The summed E-state index contributed by atoms with van der Waals surface area (Å²) in [5.41, 5.74) is 0.993. The number of nitrogens with one attached hydrogen (secondary N) is 4. The third-order valence-corrected chi connectivity index (χ3v) is 5.25. The van der Waals surface area contributed by atoms with Crippen LogP contribution < -0.4 is 20.7 Å². The van der Waals surface area contributed by atoms with E-state index in [0.29, 0.717) is 12.2 Å². The van der Waals surface area contributed by atoms with Crippen molar-refractivity contribution in [3.05, 3.63) is 30.0 Å².